The highest BCUT2D eigenvalue weighted by Crippen LogP contribution is 2.26. The minimum Gasteiger partial charge on any atom is -0.285 e. The molecule has 1 aromatic rings. The summed E-state index contributed by atoms with van der Waals surface area (Å²) in [5.41, 5.74) is 0.455. The zero-order valence-electron chi connectivity index (χ0n) is 8.74. The molecule has 0 aliphatic heterocycles. The molecule has 0 saturated carbocycles. The fraction of sp³-hybridized carbons (Fsp3) is 0.500. The van der Waals surface area contributed by atoms with Crippen LogP contribution in [0.25, 0.3) is 0 Å². The summed E-state index contributed by atoms with van der Waals surface area (Å²) in [6.07, 6.45) is 4.07. The van der Waals surface area contributed by atoms with Gasteiger partial charge in [-0.2, -0.15) is 8.42 Å². The van der Waals surface area contributed by atoms with Crippen molar-refractivity contribution in [1.82, 2.24) is 4.98 Å². The second-order valence-electron chi connectivity index (χ2n) is 3.49. The SMILES string of the molecule is [O]CCCCC(c1cccnc1)S(=O)(=O)O. The van der Waals surface area contributed by atoms with E-state index in [2.05, 4.69) is 4.98 Å². The molecule has 1 rings (SSSR count). The van der Waals surface area contributed by atoms with Crippen molar-refractivity contribution in [3.05, 3.63) is 30.1 Å². The summed E-state index contributed by atoms with van der Waals surface area (Å²) in [7, 11) is -4.14. The summed E-state index contributed by atoms with van der Waals surface area (Å²) in [5.74, 6) is 0. The Morgan fingerprint density at radius 1 is 1.38 bits per heavy atom. The third-order valence-corrected chi connectivity index (χ3v) is 3.50. The Labute approximate surface area is 94.9 Å². The number of nitrogens with zero attached hydrogens (tertiary/aromatic N) is 1. The predicted molar refractivity (Wildman–Crippen MR) is 57.9 cm³/mol. The molecule has 16 heavy (non-hydrogen) atoms. The van der Waals surface area contributed by atoms with Gasteiger partial charge in [-0.3, -0.25) is 9.54 Å². The largest absolute Gasteiger partial charge is 0.285 e. The molecule has 0 saturated heterocycles. The van der Waals surface area contributed by atoms with Gasteiger partial charge in [0.05, 0.1) is 6.61 Å². The van der Waals surface area contributed by atoms with Crippen molar-refractivity contribution in [2.75, 3.05) is 6.61 Å². The van der Waals surface area contributed by atoms with Gasteiger partial charge in [0.25, 0.3) is 10.1 Å². The second kappa shape index (κ2) is 5.93. The normalized spacial score (nSPS) is 13.6. The fourth-order valence-corrected chi connectivity index (χ4v) is 2.43. The lowest BCUT2D eigenvalue weighted by atomic mass is 10.1. The standard InChI is InChI=1S/C10H14NO4S/c12-7-2-1-5-10(16(13,14)15)9-4-3-6-11-8-9/h3-4,6,8,10H,1-2,5,7H2,(H,13,14,15). The fourth-order valence-electron chi connectivity index (χ4n) is 1.49. The summed E-state index contributed by atoms with van der Waals surface area (Å²) in [6.45, 7) is -0.231. The molecule has 1 heterocycles. The summed E-state index contributed by atoms with van der Waals surface area (Å²) in [6, 6.07) is 3.21. The van der Waals surface area contributed by atoms with E-state index in [0.29, 0.717) is 18.4 Å². The van der Waals surface area contributed by atoms with E-state index >= 15 is 0 Å². The molecule has 5 nitrogen and oxygen atoms in total. The van der Waals surface area contributed by atoms with Crippen LogP contribution in [0.5, 0.6) is 0 Å². The van der Waals surface area contributed by atoms with Crippen LogP contribution in [0.3, 0.4) is 0 Å². The van der Waals surface area contributed by atoms with Crippen molar-refractivity contribution in [3.8, 4) is 0 Å². The van der Waals surface area contributed by atoms with Crippen LogP contribution < -0.4 is 0 Å². The van der Waals surface area contributed by atoms with Crippen LogP contribution in [0.15, 0.2) is 24.5 Å². The van der Waals surface area contributed by atoms with Crippen LogP contribution in [0.2, 0.25) is 0 Å². The molecule has 1 N–H and O–H groups in total. The molecule has 1 aromatic heterocycles. The number of hydrogen-bond acceptors (Lipinski definition) is 3. The first-order valence-corrected chi connectivity index (χ1v) is 6.50. The maximum absolute atomic E-state index is 11.2. The first-order valence-electron chi connectivity index (χ1n) is 5.00. The van der Waals surface area contributed by atoms with E-state index < -0.39 is 15.4 Å². The van der Waals surface area contributed by atoms with Crippen LogP contribution in [-0.4, -0.2) is 24.6 Å². The van der Waals surface area contributed by atoms with E-state index in [1.54, 1.807) is 12.1 Å². The maximum Gasteiger partial charge on any atom is 0.272 e. The van der Waals surface area contributed by atoms with Crippen molar-refractivity contribution < 1.29 is 18.1 Å². The molecule has 0 spiro atoms. The molecule has 0 aliphatic rings. The van der Waals surface area contributed by atoms with E-state index in [0.717, 1.165) is 0 Å². The minimum atomic E-state index is -4.14. The van der Waals surface area contributed by atoms with Crippen molar-refractivity contribution in [1.29, 1.82) is 0 Å². The smallest absolute Gasteiger partial charge is 0.272 e. The highest BCUT2D eigenvalue weighted by molar-refractivity contribution is 7.86. The molecule has 0 amide bonds. The third kappa shape index (κ3) is 3.88. The van der Waals surface area contributed by atoms with Crippen LogP contribution >= 0.6 is 0 Å². The summed E-state index contributed by atoms with van der Waals surface area (Å²) < 4.78 is 31.4. The lowest BCUT2D eigenvalue weighted by molar-refractivity contribution is 0.186. The van der Waals surface area contributed by atoms with Gasteiger partial charge in [0, 0.05) is 12.4 Å². The van der Waals surface area contributed by atoms with Crippen molar-refractivity contribution >= 4 is 10.1 Å². The zero-order valence-corrected chi connectivity index (χ0v) is 9.56. The topological polar surface area (TPSA) is 87.2 Å². The van der Waals surface area contributed by atoms with Crippen molar-refractivity contribution in [2.24, 2.45) is 0 Å². The van der Waals surface area contributed by atoms with Gasteiger partial charge in [-0.05, 0) is 30.9 Å². The number of aromatic nitrogens is 1. The van der Waals surface area contributed by atoms with Gasteiger partial charge in [0.1, 0.15) is 5.25 Å². The number of unbranched alkanes of at least 4 members (excludes halogenated alkanes) is 1. The first-order chi connectivity index (χ1) is 7.55. The third-order valence-electron chi connectivity index (χ3n) is 2.28. The van der Waals surface area contributed by atoms with E-state index in [1.165, 1.54) is 12.4 Å². The molecule has 0 fully saturated rings. The molecule has 1 radical (unpaired) electrons. The maximum atomic E-state index is 11.2. The van der Waals surface area contributed by atoms with E-state index in [1.807, 2.05) is 0 Å². The Morgan fingerprint density at radius 3 is 2.62 bits per heavy atom. The number of pyridine rings is 1. The van der Waals surface area contributed by atoms with Gasteiger partial charge in [0.15, 0.2) is 0 Å². The molecule has 1 atom stereocenters. The Hall–Kier alpha value is -0.980. The highest BCUT2D eigenvalue weighted by Gasteiger charge is 2.24. The number of hydrogen-bond donors (Lipinski definition) is 1. The molecule has 1 unspecified atom stereocenters. The molecule has 0 aromatic carbocycles. The Kier molecular flexibility index (Phi) is 4.85. The minimum absolute atomic E-state index is 0.231. The average molecular weight is 244 g/mol. The molecular formula is C10H14NO4S. The van der Waals surface area contributed by atoms with Gasteiger partial charge < -0.3 is 0 Å². The van der Waals surface area contributed by atoms with Gasteiger partial charge in [-0.25, -0.2) is 5.11 Å². The Balaban J connectivity index is 2.81. The van der Waals surface area contributed by atoms with Gasteiger partial charge in [-0.1, -0.05) is 6.07 Å². The zero-order chi connectivity index (χ0) is 12.0. The highest BCUT2D eigenvalue weighted by atomic mass is 32.2. The summed E-state index contributed by atoms with van der Waals surface area (Å²) in [5, 5.41) is 9.29. The lowest BCUT2D eigenvalue weighted by Crippen LogP contribution is -2.12. The number of rotatable bonds is 6. The lowest BCUT2D eigenvalue weighted by Gasteiger charge is -2.13. The van der Waals surface area contributed by atoms with E-state index in [-0.39, 0.29) is 13.0 Å². The van der Waals surface area contributed by atoms with Crippen molar-refractivity contribution in [3.63, 3.8) is 0 Å². The molecule has 0 aliphatic carbocycles. The molecule has 89 valence electrons. The summed E-state index contributed by atoms with van der Waals surface area (Å²) >= 11 is 0. The van der Waals surface area contributed by atoms with E-state index in [9.17, 15) is 13.5 Å². The second-order valence-corrected chi connectivity index (χ2v) is 5.09. The van der Waals surface area contributed by atoms with Gasteiger partial charge >= 0.3 is 0 Å². The summed E-state index contributed by atoms with van der Waals surface area (Å²) in [4.78, 5) is 3.81. The van der Waals surface area contributed by atoms with Crippen LogP contribution in [-0.2, 0) is 15.2 Å². The molecule has 0 bridgehead atoms. The monoisotopic (exact) mass is 244 g/mol. The van der Waals surface area contributed by atoms with Crippen LogP contribution in [0.4, 0.5) is 0 Å². The van der Waals surface area contributed by atoms with Gasteiger partial charge in [-0.15, -0.1) is 0 Å². The molecular weight excluding hydrogens is 230 g/mol. The molecule has 6 heteroatoms. The van der Waals surface area contributed by atoms with Crippen molar-refractivity contribution in [2.45, 2.75) is 24.5 Å². The average Bonchev–Trinajstić information content (AvgIpc) is 2.24. The predicted octanol–water partition coefficient (Wildman–Crippen LogP) is 1.61. The van der Waals surface area contributed by atoms with E-state index in [4.69, 9.17) is 4.55 Å². The first kappa shape index (κ1) is 13.1. The van der Waals surface area contributed by atoms with Gasteiger partial charge in [0.2, 0.25) is 0 Å². The Bertz CT molecular complexity index is 404. The Morgan fingerprint density at radius 2 is 2.12 bits per heavy atom. The van der Waals surface area contributed by atoms with Crippen LogP contribution in [0, 0.1) is 0 Å². The van der Waals surface area contributed by atoms with Crippen LogP contribution in [0.1, 0.15) is 30.1 Å². The quantitative estimate of drug-likeness (QED) is 0.608.